The summed E-state index contributed by atoms with van der Waals surface area (Å²) in [4.78, 5) is 25.5. The van der Waals surface area contributed by atoms with Crippen LogP contribution in [0.1, 0.15) is 79.1 Å². The third kappa shape index (κ3) is 6.32. The first-order valence-electron chi connectivity index (χ1n) is 11.5. The number of esters is 2. The van der Waals surface area contributed by atoms with Gasteiger partial charge in [-0.05, 0) is 43.2 Å². The van der Waals surface area contributed by atoms with E-state index in [-0.39, 0.29) is 23.8 Å². The van der Waals surface area contributed by atoms with Crippen molar-refractivity contribution < 1.29 is 19.1 Å². The van der Waals surface area contributed by atoms with Crippen molar-refractivity contribution in [3.63, 3.8) is 0 Å². The molecule has 2 atom stereocenters. The van der Waals surface area contributed by atoms with Crippen LogP contribution in [-0.2, 0) is 9.59 Å². The summed E-state index contributed by atoms with van der Waals surface area (Å²) in [6.45, 7) is 8.26. The highest BCUT2D eigenvalue weighted by atomic mass is 16.5. The molecule has 0 aliphatic heterocycles. The Bertz CT molecular complexity index is 762. The van der Waals surface area contributed by atoms with E-state index in [0.29, 0.717) is 16.9 Å². The molecule has 0 saturated carbocycles. The predicted octanol–water partition coefficient (Wildman–Crippen LogP) is 7.08. The summed E-state index contributed by atoms with van der Waals surface area (Å²) in [5.41, 5.74) is 0. The number of carbonyl (C=O) groups excluding carboxylic acids is 2. The molecule has 2 aromatic rings. The van der Waals surface area contributed by atoms with E-state index in [9.17, 15) is 9.59 Å². The summed E-state index contributed by atoms with van der Waals surface area (Å²) in [6.07, 6.45) is 7.26. The van der Waals surface area contributed by atoms with Crippen LogP contribution in [-0.4, -0.2) is 11.9 Å². The topological polar surface area (TPSA) is 52.6 Å². The molecule has 0 N–H and O–H groups in total. The second kappa shape index (κ2) is 12.4. The largest absolute Gasteiger partial charge is 0.426 e. The van der Waals surface area contributed by atoms with E-state index < -0.39 is 0 Å². The Morgan fingerprint density at radius 3 is 1.53 bits per heavy atom. The highest BCUT2D eigenvalue weighted by Gasteiger charge is 2.22. The lowest BCUT2D eigenvalue weighted by molar-refractivity contribution is -0.139. The maximum Gasteiger partial charge on any atom is 0.314 e. The number of unbranched alkanes of at least 4 members (excludes halogenated alkanes) is 2. The smallest absolute Gasteiger partial charge is 0.314 e. The van der Waals surface area contributed by atoms with Gasteiger partial charge in [0.25, 0.3) is 0 Å². The molecular weight excluding hydrogens is 376 g/mol. The molecule has 0 aliphatic carbocycles. The monoisotopic (exact) mass is 412 g/mol. The van der Waals surface area contributed by atoms with Gasteiger partial charge in [-0.1, -0.05) is 77.6 Å². The first kappa shape index (κ1) is 23.9. The Kier molecular flexibility index (Phi) is 9.85. The molecule has 2 rings (SSSR count). The zero-order valence-electron chi connectivity index (χ0n) is 18.9. The van der Waals surface area contributed by atoms with E-state index in [1.54, 1.807) is 12.1 Å². The lowest BCUT2D eigenvalue weighted by Crippen LogP contribution is -2.21. The Morgan fingerprint density at radius 1 is 0.733 bits per heavy atom. The van der Waals surface area contributed by atoms with Gasteiger partial charge in [0.05, 0.1) is 17.2 Å². The molecule has 0 saturated heterocycles. The molecule has 0 spiro atoms. The number of hydrogen-bond acceptors (Lipinski definition) is 4. The highest BCUT2D eigenvalue weighted by molar-refractivity contribution is 5.97. The molecular formula is C26H36O4. The lowest BCUT2D eigenvalue weighted by atomic mass is 9.99. The van der Waals surface area contributed by atoms with Crippen molar-refractivity contribution in [3.05, 3.63) is 36.4 Å². The van der Waals surface area contributed by atoms with Crippen LogP contribution in [0.15, 0.2) is 36.4 Å². The van der Waals surface area contributed by atoms with Gasteiger partial charge in [-0.15, -0.1) is 0 Å². The van der Waals surface area contributed by atoms with Crippen molar-refractivity contribution in [1.29, 1.82) is 0 Å². The van der Waals surface area contributed by atoms with Gasteiger partial charge in [-0.2, -0.15) is 0 Å². The molecule has 0 aromatic heterocycles. The molecule has 0 heterocycles. The van der Waals surface area contributed by atoms with Crippen LogP contribution >= 0.6 is 0 Å². The molecule has 4 heteroatoms. The Morgan fingerprint density at radius 2 is 1.17 bits per heavy atom. The number of hydrogen-bond donors (Lipinski definition) is 0. The maximum atomic E-state index is 12.8. The van der Waals surface area contributed by atoms with Gasteiger partial charge in [0.2, 0.25) is 0 Å². The standard InChI is InChI=1S/C26H36O4/c1-5-9-13-19(7-3)25(27)29-22-17-11-15-21-16-12-18-23(24(21)22)30-26(28)20(8-4)14-10-6-2/h11-12,15-20H,5-10,13-14H2,1-4H3. The Hall–Kier alpha value is -2.36. The van der Waals surface area contributed by atoms with E-state index in [1.165, 1.54) is 0 Å². The first-order chi connectivity index (χ1) is 14.5. The molecule has 2 unspecified atom stereocenters. The molecule has 0 bridgehead atoms. The molecule has 0 radical (unpaired) electrons. The Balaban J connectivity index is 2.30. The van der Waals surface area contributed by atoms with Crippen LogP contribution in [0.4, 0.5) is 0 Å². The van der Waals surface area contributed by atoms with E-state index in [1.807, 2.05) is 38.1 Å². The minimum Gasteiger partial charge on any atom is -0.426 e. The minimum absolute atomic E-state index is 0.117. The molecule has 2 aromatic carbocycles. The summed E-state index contributed by atoms with van der Waals surface area (Å²) in [5, 5.41) is 1.56. The van der Waals surface area contributed by atoms with Crippen LogP contribution in [0.3, 0.4) is 0 Å². The fourth-order valence-corrected chi connectivity index (χ4v) is 3.71. The first-order valence-corrected chi connectivity index (χ1v) is 11.5. The highest BCUT2D eigenvalue weighted by Crippen LogP contribution is 2.35. The molecule has 30 heavy (non-hydrogen) atoms. The van der Waals surface area contributed by atoms with Crippen molar-refractivity contribution in [2.45, 2.75) is 79.1 Å². The van der Waals surface area contributed by atoms with Gasteiger partial charge in [0, 0.05) is 0 Å². The fraction of sp³-hybridized carbons (Fsp3) is 0.538. The summed E-state index contributed by atoms with van der Waals surface area (Å²) < 4.78 is 11.6. The molecule has 4 nitrogen and oxygen atoms in total. The van der Waals surface area contributed by atoms with E-state index in [0.717, 1.165) is 56.8 Å². The molecule has 0 aliphatic rings. The van der Waals surface area contributed by atoms with Crippen molar-refractivity contribution in [2.75, 3.05) is 0 Å². The van der Waals surface area contributed by atoms with Gasteiger partial charge in [0.15, 0.2) is 0 Å². The normalized spacial score (nSPS) is 13.1. The number of ether oxygens (including phenoxy) is 2. The zero-order valence-corrected chi connectivity index (χ0v) is 18.9. The number of fused-ring (bicyclic) bond motifs is 1. The molecule has 0 amide bonds. The van der Waals surface area contributed by atoms with Crippen molar-refractivity contribution in [3.8, 4) is 11.5 Å². The van der Waals surface area contributed by atoms with E-state index in [2.05, 4.69) is 13.8 Å². The second-order valence-corrected chi connectivity index (χ2v) is 7.95. The second-order valence-electron chi connectivity index (χ2n) is 7.95. The maximum absolute atomic E-state index is 12.8. The van der Waals surface area contributed by atoms with Gasteiger partial charge < -0.3 is 9.47 Å². The van der Waals surface area contributed by atoms with Gasteiger partial charge in [-0.3, -0.25) is 9.59 Å². The van der Waals surface area contributed by atoms with Gasteiger partial charge in [0.1, 0.15) is 11.5 Å². The van der Waals surface area contributed by atoms with Crippen LogP contribution in [0.25, 0.3) is 10.8 Å². The fourth-order valence-electron chi connectivity index (χ4n) is 3.71. The van der Waals surface area contributed by atoms with Crippen LogP contribution in [0, 0.1) is 11.8 Å². The molecule has 164 valence electrons. The summed E-state index contributed by atoms with van der Waals surface area (Å²) in [5.74, 6) is 0.250. The van der Waals surface area contributed by atoms with Crippen LogP contribution in [0.2, 0.25) is 0 Å². The van der Waals surface area contributed by atoms with Crippen LogP contribution < -0.4 is 9.47 Å². The predicted molar refractivity (Wildman–Crippen MR) is 122 cm³/mol. The third-order valence-corrected chi connectivity index (χ3v) is 5.71. The summed E-state index contributed by atoms with van der Waals surface area (Å²) in [7, 11) is 0. The van der Waals surface area contributed by atoms with Crippen molar-refractivity contribution >= 4 is 22.7 Å². The van der Waals surface area contributed by atoms with Gasteiger partial charge in [-0.25, -0.2) is 0 Å². The lowest BCUT2D eigenvalue weighted by Gasteiger charge is -2.17. The van der Waals surface area contributed by atoms with Crippen LogP contribution in [0.5, 0.6) is 11.5 Å². The average molecular weight is 413 g/mol. The number of carbonyl (C=O) groups is 2. The average Bonchev–Trinajstić information content (AvgIpc) is 2.75. The summed E-state index contributed by atoms with van der Waals surface area (Å²) in [6, 6.07) is 11.1. The summed E-state index contributed by atoms with van der Waals surface area (Å²) >= 11 is 0. The Labute approximate surface area is 181 Å². The zero-order chi connectivity index (χ0) is 21.9. The number of rotatable bonds is 12. The van der Waals surface area contributed by atoms with Gasteiger partial charge >= 0.3 is 11.9 Å². The third-order valence-electron chi connectivity index (χ3n) is 5.71. The van der Waals surface area contributed by atoms with Crippen molar-refractivity contribution in [2.24, 2.45) is 11.8 Å². The van der Waals surface area contributed by atoms with Crippen molar-refractivity contribution in [1.82, 2.24) is 0 Å². The molecule has 0 fully saturated rings. The SMILES string of the molecule is CCCCC(CC)C(=O)Oc1cccc2cccc(OC(=O)C(CC)CCCC)c12. The minimum atomic E-state index is -0.214. The number of benzene rings is 2. The van der Waals surface area contributed by atoms with E-state index >= 15 is 0 Å². The quantitative estimate of drug-likeness (QED) is 0.276. The van der Waals surface area contributed by atoms with E-state index in [4.69, 9.17) is 9.47 Å².